The Bertz CT molecular complexity index is 750. The zero-order chi connectivity index (χ0) is 16.4. The maximum Gasteiger partial charge on any atom is 0.233 e. The molecule has 0 unspecified atom stereocenters. The Morgan fingerprint density at radius 2 is 1.62 bits per heavy atom. The number of likely N-dealkylation sites (tertiary alicyclic amines) is 1. The molecule has 1 saturated heterocycles. The number of amides is 1. The summed E-state index contributed by atoms with van der Waals surface area (Å²) < 4.78 is 0. The van der Waals surface area contributed by atoms with Crippen LogP contribution in [0, 0.1) is 0 Å². The van der Waals surface area contributed by atoms with Gasteiger partial charge in [0.15, 0.2) is 0 Å². The van der Waals surface area contributed by atoms with Crippen LogP contribution in [0.5, 0.6) is 0 Å². The molecule has 0 saturated carbocycles. The number of benzene rings is 2. The van der Waals surface area contributed by atoms with Crippen LogP contribution in [0.25, 0.3) is 5.57 Å². The van der Waals surface area contributed by atoms with E-state index in [4.69, 9.17) is 0 Å². The lowest BCUT2D eigenvalue weighted by Gasteiger charge is -2.39. The van der Waals surface area contributed by atoms with Crippen molar-refractivity contribution >= 4 is 17.7 Å². The second kappa shape index (κ2) is 6.49. The lowest BCUT2D eigenvalue weighted by Crippen LogP contribution is -2.46. The molecule has 0 spiro atoms. The van der Waals surface area contributed by atoms with Gasteiger partial charge >= 0.3 is 0 Å². The molecule has 0 aliphatic carbocycles. The van der Waals surface area contributed by atoms with E-state index in [2.05, 4.69) is 41.4 Å². The van der Waals surface area contributed by atoms with Gasteiger partial charge < -0.3 is 0 Å². The number of anilines is 1. The fourth-order valence-corrected chi connectivity index (χ4v) is 3.52. The van der Waals surface area contributed by atoms with Gasteiger partial charge in [0.05, 0.1) is 12.4 Å². The molecule has 4 heteroatoms. The summed E-state index contributed by atoms with van der Waals surface area (Å²) in [4.78, 5) is 14.2. The second-order valence-corrected chi connectivity index (χ2v) is 6.28. The molecule has 122 valence electrons. The second-order valence-electron chi connectivity index (χ2n) is 6.28. The Hall–Kier alpha value is -2.59. The molecule has 0 radical (unpaired) electrons. The third-order valence-electron chi connectivity index (χ3n) is 4.72. The zero-order valence-corrected chi connectivity index (χ0v) is 13.6. The number of nitrogens with zero attached hydrogens (tertiary/aromatic N) is 3. The Morgan fingerprint density at radius 1 is 0.917 bits per heavy atom. The lowest BCUT2D eigenvalue weighted by atomic mass is 9.96. The number of para-hydroxylation sites is 1. The normalized spacial score (nSPS) is 17.6. The predicted octanol–water partition coefficient (Wildman–Crippen LogP) is 3.32. The van der Waals surface area contributed by atoms with Crippen molar-refractivity contribution in [1.82, 2.24) is 9.91 Å². The fraction of sp³-hybridized carbons (Fsp3) is 0.250. The molecule has 0 bridgehead atoms. The first-order valence-corrected chi connectivity index (χ1v) is 8.47. The van der Waals surface area contributed by atoms with Gasteiger partial charge in [0.25, 0.3) is 0 Å². The molecule has 0 N–H and O–H groups in total. The molecule has 2 aliphatic heterocycles. The highest BCUT2D eigenvalue weighted by Gasteiger charge is 2.26. The molecule has 2 aliphatic rings. The summed E-state index contributed by atoms with van der Waals surface area (Å²) in [7, 11) is 0. The van der Waals surface area contributed by atoms with Crippen molar-refractivity contribution in [3.05, 3.63) is 71.9 Å². The van der Waals surface area contributed by atoms with E-state index < -0.39 is 0 Å². The third kappa shape index (κ3) is 2.69. The Balaban J connectivity index is 1.77. The highest BCUT2D eigenvalue weighted by molar-refractivity contribution is 5.92. The van der Waals surface area contributed by atoms with Crippen LogP contribution in [0.4, 0.5) is 5.69 Å². The summed E-state index contributed by atoms with van der Waals surface area (Å²) in [6.07, 6.45) is 5.49. The van der Waals surface area contributed by atoms with Crippen LogP contribution >= 0.6 is 0 Å². The molecular formula is C20H21N3O. The van der Waals surface area contributed by atoms with Crippen LogP contribution < -0.4 is 5.01 Å². The van der Waals surface area contributed by atoms with Gasteiger partial charge in [-0.3, -0.25) is 14.7 Å². The number of hydrazine groups is 1. The first-order valence-electron chi connectivity index (χ1n) is 8.47. The van der Waals surface area contributed by atoms with Crippen LogP contribution in [-0.4, -0.2) is 36.1 Å². The van der Waals surface area contributed by atoms with E-state index in [1.54, 1.807) is 5.01 Å². The van der Waals surface area contributed by atoms with Crippen LogP contribution in [0.1, 0.15) is 24.0 Å². The molecule has 2 aromatic rings. The fourth-order valence-electron chi connectivity index (χ4n) is 3.52. The quantitative estimate of drug-likeness (QED) is 0.809. The molecule has 2 heterocycles. The van der Waals surface area contributed by atoms with Crippen LogP contribution in [0.15, 0.2) is 60.8 Å². The van der Waals surface area contributed by atoms with Crippen molar-refractivity contribution < 1.29 is 4.79 Å². The molecule has 1 fully saturated rings. The van der Waals surface area contributed by atoms with Crippen molar-refractivity contribution in [2.45, 2.75) is 12.8 Å². The number of carbonyl (C=O) groups excluding carboxylic acids is 1. The van der Waals surface area contributed by atoms with Gasteiger partial charge in [-0.15, -0.1) is 0 Å². The Kier molecular flexibility index (Phi) is 4.05. The van der Waals surface area contributed by atoms with Gasteiger partial charge in [-0.05, 0) is 37.6 Å². The van der Waals surface area contributed by atoms with Gasteiger partial charge in [-0.2, -0.15) is 0 Å². The van der Waals surface area contributed by atoms with Crippen molar-refractivity contribution in [2.24, 2.45) is 0 Å². The van der Waals surface area contributed by atoms with Crippen LogP contribution in [0.3, 0.4) is 0 Å². The molecule has 0 aromatic heterocycles. The van der Waals surface area contributed by atoms with E-state index in [9.17, 15) is 4.79 Å². The number of rotatable bonds is 4. The van der Waals surface area contributed by atoms with Crippen molar-refractivity contribution in [2.75, 3.05) is 24.8 Å². The molecular weight excluding hydrogens is 298 g/mol. The smallest absolute Gasteiger partial charge is 0.233 e. The number of fused-ring (bicyclic) bond motifs is 1. The zero-order valence-electron chi connectivity index (χ0n) is 13.6. The molecule has 0 atom stereocenters. The first-order chi connectivity index (χ1) is 11.9. The van der Waals surface area contributed by atoms with E-state index in [-0.39, 0.29) is 0 Å². The van der Waals surface area contributed by atoms with Gasteiger partial charge in [-0.1, -0.05) is 48.5 Å². The summed E-state index contributed by atoms with van der Waals surface area (Å²) in [5.41, 5.74) is 4.35. The Morgan fingerprint density at radius 3 is 2.38 bits per heavy atom. The SMILES string of the molecule is O=CN1c2ccccc2C(c2ccccc2)=CN1CN1CCCC1. The summed E-state index contributed by atoms with van der Waals surface area (Å²) >= 11 is 0. The minimum absolute atomic E-state index is 0.739. The summed E-state index contributed by atoms with van der Waals surface area (Å²) in [5, 5.41) is 3.75. The van der Waals surface area contributed by atoms with Crippen LogP contribution in [-0.2, 0) is 4.79 Å². The Labute approximate surface area is 142 Å². The average molecular weight is 319 g/mol. The minimum Gasteiger partial charge on any atom is -0.284 e. The molecule has 2 aromatic carbocycles. The van der Waals surface area contributed by atoms with E-state index in [0.29, 0.717) is 0 Å². The molecule has 4 rings (SSSR count). The van der Waals surface area contributed by atoms with Crippen molar-refractivity contribution in [3.8, 4) is 0 Å². The lowest BCUT2D eigenvalue weighted by molar-refractivity contribution is -0.110. The van der Waals surface area contributed by atoms with Gasteiger partial charge in [0, 0.05) is 17.3 Å². The third-order valence-corrected chi connectivity index (χ3v) is 4.72. The highest BCUT2D eigenvalue weighted by Crippen LogP contribution is 2.36. The minimum atomic E-state index is 0.739. The first kappa shape index (κ1) is 15.0. The number of carbonyl (C=O) groups is 1. The molecule has 1 amide bonds. The standard InChI is InChI=1S/C20H21N3O/c24-16-23-20-11-5-4-10-18(20)19(17-8-2-1-3-9-17)14-22(23)15-21-12-6-7-13-21/h1-5,8-11,14,16H,6-7,12-13,15H2. The summed E-state index contributed by atoms with van der Waals surface area (Å²) in [5.74, 6) is 0. The van der Waals surface area contributed by atoms with Crippen LogP contribution in [0.2, 0.25) is 0 Å². The van der Waals surface area contributed by atoms with E-state index in [0.717, 1.165) is 43.0 Å². The summed E-state index contributed by atoms with van der Waals surface area (Å²) in [6, 6.07) is 18.5. The number of hydrogen-bond donors (Lipinski definition) is 0. The predicted molar refractivity (Wildman–Crippen MR) is 96.0 cm³/mol. The largest absolute Gasteiger partial charge is 0.284 e. The number of hydrogen-bond acceptors (Lipinski definition) is 3. The van der Waals surface area contributed by atoms with Gasteiger partial charge in [0.2, 0.25) is 6.41 Å². The summed E-state index contributed by atoms with van der Waals surface area (Å²) in [6.45, 7) is 2.93. The maximum atomic E-state index is 11.8. The monoisotopic (exact) mass is 319 g/mol. The maximum absolute atomic E-state index is 11.8. The van der Waals surface area contributed by atoms with E-state index >= 15 is 0 Å². The van der Waals surface area contributed by atoms with Crippen molar-refractivity contribution in [3.63, 3.8) is 0 Å². The van der Waals surface area contributed by atoms with Gasteiger partial charge in [-0.25, -0.2) is 5.01 Å². The van der Waals surface area contributed by atoms with Gasteiger partial charge in [0.1, 0.15) is 0 Å². The highest BCUT2D eigenvalue weighted by atomic mass is 16.1. The van der Waals surface area contributed by atoms with Crippen molar-refractivity contribution in [1.29, 1.82) is 0 Å². The molecule has 4 nitrogen and oxygen atoms in total. The molecule has 24 heavy (non-hydrogen) atoms. The average Bonchev–Trinajstić information content (AvgIpc) is 3.15. The van der Waals surface area contributed by atoms with E-state index in [1.165, 1.54) is 18.4 Å². The topological polar surface area (TPSA) is 26.8 Å². The van der Waals surface area contributed by atoms with E-state index in [1.807, 2.05) is 29.3 Å².